The van der Waals surface area contributed by atoms with Gasteiger partial charge in [-0.25, -0.2) is 4.98 Å². The highest BCUT2D eigenvalue weighted by atomic mass is 32.1. The minimum absolute atomic E-state index is 0.0688. The van der Waals surface area contributed by atoms with E-state index in [0.717, 1.165) is 29.0 Å². The van der Waals surface area contributed by atoms with Gasteiger partial charge in [0, 0.05) is 23.5 Å². The molecule has 0 saturated carbocycles. The lowest BCUT2D eigenvalue weighted by Gasteiger charge is -2.22. The summed E-state index contributed by atoms with van der Waals surface area (Å²) in [6.45, 7) is 2.92. The summed E-state index contributed by atoms with van der Waals surface area (Å²) in [6.07, 6.45) is 0.733. The largest absolute Gasteiger partial charge is 0.318 e. The minimum atomic E-state index is 0.0688. The summed E-state index contributed by atoms with van der Waals surface area (Å²) in [4.78, 5) is 21.0. The van der Waals surface area contributed by atoms with Crippen molar-refractivity contribution in [3.8, 4) is 0 Å². The fraction of sp³-hybridized carbons (Fsp3) is 0.182. The Morgan fingerprint density at radius 2 is 1.81 bits per heavy atom. The normalized spacial score (nSPS) is 11.0. The van der Waals surface area contributed by atoms with Gasteiger partial charge in [-0.15, -0.1) is 11.3 Å². The van der Waals surface area contributed by atoms with Gasteiger partial charge in [0.25, 0.3) is 0 Å². The summed E-state index contributed by atoms with van der Waals surface area (Å²) in [7, 11) is 0. The number of aromatic nitrogens is 2. The second-order valence-corrected chi connectivity index (χ2v) is 7.36. The van der Waals surface area contributed by atoms with Gasteiger partial charge in [-0.1, -0.05) is 36.4 Å². The molecule has 4 nitrogen and oxygen atoms in total. The lowest BCUT2D eigenvalue weighted by molar-refractivity contribution is -0.119. The zero-order chi connectivity index (χ0) is 18.6. The van der Waals surface area contributed by atoms with Gasteiger partial charge in [-0.2, -0.15) is 0 Å². The second kappa shape index (κ2) is 7.76. The molecule has 5 heteroatoms. The fourth-order valence-corrected chi connectivity index (χ4v) is 4.04. The highest BCUT2D eigenvalue weighted by Gasteiger charge is 2.18. The van der Waals surface area contributed by atoms with Crippen molar-refractivity contribution in [2.45, 2.75) is 19.9 Å². The Bertz CT molecular complexity index is 1040. The van der Waals surface area contributed by atoms with E-state index in [4.69, 9.17) is 4.98 Å². The third-order valence-corrected chi connectivity index (χ3v) is 5.50. The molecule has 4 rings (SSSR count). The number of nitrogens with zero attached hydrogens (tertiary/aromatic N) is 3. The number of hydrogen-bond acceptors (Lipinski definition) is 3. The number of carbonyl (C=O) groups is 1. The van der Waals surface area contributed by atoms with Crippen LogP contribution in [0.1, 0.15) is 17.6 Å². The molecule has 0 aliphatic rings. The van der Waals surface area contributed by atoms with Crippen molar-refractivity contribution < 1.29 is 4.79 Å². The molecule has 1 amide bonds. The molecule has 2 aromatic heterocycles. The smallest absolute Gasteiger partial charge is 0.246 e. The predicted molar refractivity (Wildman–Crippen MR) is 111 cm³/mol. The first-order chi connectivity index (χ1) is 13.3. The van der Waals surface area contributed by atoms with Crippen LogP contribution in [0.2, 0.25) is 0 Å². The molecule has 0 spiro atoms. The maximum absolute atomic E-state index is 13.1. The zero-order valence-corrected chi connectivity index (χ0v) is 16.0. The molecule has 0 aliphatic carbocycles. The van der Waals surface area contributed by atoms with E-state index in [9.17, 15) is 4.79 Å². The number of likely N-dealkylation sites (N-methyl/N-ethyl adjacent to an activating group) is 1. The summed E-state index contributed by atoms with van der Waals surface area (Å²) in [5.74, 6) is 0.996. The van der Waals surface area contributed by atoms with Gasteiger partial charge >= 0.3 is 0 Å². The molecule has 2 heterocycles. The predicted octanol–water partition coefficient (Wildman–Crippen LogP) is 4.74. The van der Waals surface area contributed by atoms with Gasteiger partial charge in [-0.3, -0.25) is 4.79 Å². The second-order valence-electron chi connectivity index (χ2n) is 6.33. The molecule has 27 heavy (non-hydrogen) atoms. The Morgan fingerprint density at radius 3 is 2.56 bits per heavy atom. The molecule has 136 valence electrons. The average molecular weight is 375 g/mol. The van der Waals surface area contributed by atoms with Crippen LogP contribution in [0.4, 0.5) is 5.69 Å². The van der Waals surface area contributed by atoms with Gasteiger partial charge < -0.3 is 9.47 Å². The molecule has 4 aromatic rings. The molecule has 2 aromatic carbocycles. The number of anilines is 1. The first-order valence-electron chi connectivity index (χ1n) is 9.08. The van der Waals surface area contributed by atoms with Crippen LogP contribution in [-0.2, 0) is 17.8 Å². The van der Waals surface area contributed by atoms with Crippen molar-refractivity contribution in [1.82, 2.24) is 9.55 Å². The minimum Gasteiger partial charge on any atom is -0.318 e. The molecule has 0 atom stereocenters. The van der Waals surface area contributed by atoms with Gasteiger partial charge in [0.15, 0.2) is 0 Å². The molecule has 0 bridgehead atoms. The van der Waals surface area contributed by atoms with E-state index >= 15 is 0 Å². The summed E-state index contributed by atoms with van der Waals surface area (Å²) < 4.78 is 2.06. The summed E-state index contributed by atoms with van der Waals surface area (Å²) >= 11 is 1.71. The topological polar surface area (TPSA) is 38.1 Å². The first-order valence-corrected chi connectivity index (χ1v) is 9.96. The number of benzene rings is 2. The van der Waals surface area contributed by atoms with Crippen LogP contribution in [0.5, 0.6) is 0 Å². The first kappa shape index (κ1) is 17.5. The van der Waals surface area contributed by atoms with Crippen LogP contribution in [0.15, 0.2) is 72.1 Å². The molecule has 0 saturated heterocycles. The number of rotatable bonds is 6. The maximum atomic E-state index is 13.1. The van der Waals surface area contributed by atoms with E-state index in [1.807, 2.05) is 72.5 Å². The van der Waals surface area contributed by atoms with E-state index in [1.165, 1.54) is 4.88 Å². The number of para-hydroxylation sites is 3. The number of thiophene rings is 1. The van der Waals surface area contributed by atoms with Crippen LogP contribution >= 0.6 is 11.3 Å². The van der Waals surface area contributed by atoms with Crippen molar-refractivity contribution >= 4 is 34.0 Å². The molecule has 0 radical (unpaired) electrons. The number of amides is 1. The van der Waals surface area contributed by atoms with Gasteiger partial charge in [-0.05, 0) is 42.6 Å². The van der Waals surface area contributed by atoms with Gasteiger partial charge in [0.1, 0.15) is 12.4 Å². The number of hydrogen-bond donors (Lipinski definition) is 0. The van der Waals surface area contributed by atoms with Crippen molar-refractivity contribution in [3.63, 3.8) is 0 Å². The van der Waals surface area contributed by atoms with E-state index in [1.54, 1.807) is 11.3 Å². The Balaban J connectivity index is 1.68. The van der Waals surface area contributed by atoms with Crippen LogP contribution in [0.3, 0.4) is 0 Å². The van der Waals surface area contributed by atoms with Crippen molar-refractivity contribution in [2.24, 2.45) is 0 Å². The number of fused-ring (bicyclic) bond motifs is 1. The quantitative estimate of drug-likeness (QED) is 0.488. The third-order valence-electron chi connectivity index (χ3n) is 4.62. The Hall–Kier alpha value is -2.92. The molecular weight excluding hydrogens is 354 g/mol. The Kier molecular flexibility index (Phi) is 5.03. The standard InChI is InChI=1S/C22H21N3OS/c1-2-24(17-9-4-3-5-10-17)22(26)16-25-20-13-7-6-12-19(20)23-21(25)15-18-11-8-14-27-18/h3-14H,2,15-16H2,1H3. The maximum Gasteiger partial charge on any atom is 0.246 e. The average Bonchev–Trinajstić information content (AvgIpc) is 3.32. The molecule has 0 fully saturated rings. The SMILES string of the molecule is CCN(C(=O)Cn1c(Cc2cccs2)nc2ccccc21)c1ccccc1. The number of imidazole rings is 1. The Morgan fingerprint density at radius 1 is 1.04 bits per heavy atom. The third kappa shape index (κ3) is 3.64. The zero-order valence-electron chi connectivity index (χ0n) is 15.2. The van der Waals surface area contributed by atoms with Crippen LogP contribution in [0, 0.1) is 0 Å². The Labute approximate surface area is 162 Å². The monoisotopic (exact) mass is 375 g/mol. The van der Waals surface area contributed by atoms with E-state index in [0.29, 0.717) is 6.54 Å². The molecular formula is C22H21N3OS. The van der Waals surface area contributed by atoms with Crippen molar-refractivity contribution in [2.75, 3.05) is 11.4 Å². The van der Waals surface area contributed by atoms with Crippen molar-refractivity contribution in [1.29, 1.82) is 0 Å². The fourth-order valence-electron chi connectivity index (χ4n) is 3.34. The van der Waals surface area contributed by atoms with E-state index in [-0.39, 0.29) is 12.5 Å². The molecule has 0 N–H and O–H groups in total. The summed E-state index contributed by atoms with van der Waals surface area (Å²) in [6, 6.07) is 22.0. The molecule has 0 aliphatic heterocycles. The highest BCUT2D eigenvalue weighted by molar-refractivity contribution is 7.09. The van der Waals surface area contributed by atoms with Crippen LogP contribution < -0.4 is 4.90 Å². The van der Waals surface area contributed by atoms with Gasteiger partial charge in [0.05, 0.1) is 11.0 Å². The number of carbonyl (C=O) groups excluding carboxylic acids is 1. The van der Waals surface area contributed by atoms with Crippen LogP contribution in [0.25, 0.3) is 11.0 Å². The van der Waals surface area contributed by atoms with E-state index < -0.39 is 0 Å². The lowest BCUT2D eigenvalue weighted by Crippen LogP contribution is -2.34. The van der Waals surface area contributed by atoms with Gasteiger partial charge in [0.2, 0.25) is 5.91 Å². The highest BCUT2D eigenvalue weighted by Crippen LogP contribution is 2.22. The van der Waals surface area contributed by atoms with Crippen LogP contribution in [-0.4, -0.2) is 22.0 Å². The summed E-state index contributed by atoms with van der Waals surface area (Å²) in [5.41, 5.74) is 2.86. The van der Waals surface area contributed by atoms with Crippen molar-refractivity contribution in [3.05, 3.63) is 82.8 Å². The van der Waals surface area contributed by atoms with E-state index in [2.05, 4.69) is 16.0 Å². The molecule has 0 unspecified atom stereocenters. The summed E-state index contributed by atoms with van der Waals surface area (Å²) in [5, 5.41) is 2.07. The lowest BCUT2D eigenvalue weighted by atomic mass is 10.2.